The van der Waals surface area contributed by atoms with Gasteiger partial charge in [0.1, 0.15) is 0 Å². The lowest BCUT2D eigenvalue weighted by Gasteiger charge is -2.13. The van der Waals surface area contributed by atoms with Crippen LogP contribution in [0.25, 0.3) is 0 Å². The van der Waals surface area contributed by atoms with Gasteiger partial charge in [-0.1, -0.05) is 26.8 Å². The molecule has 1 heterocycles. The van der Waals surface area contributed by atoms with Crippen LogP contribution in [0.2, 0.25) is 0 Å². The predicted molar refractivity (Wildman–Crippen MR) is 58.7 cm³/mol. The molecule has 0 amide bonds. The van der Waals surface area contributed by atoms with Crippen molar-refractivity contribution in [3.63, 3.8) is 0 Å². The summed E-state index contributed by atoms with van der Waals surface area (Å²) in [4.78, 5) is 4.20. The fraction of sp³-hybridized carbons (Fsp3) is 0.583. The Morgan fingerprint density at radius 1 is 1.29 bits per heavy atom. The molecule has 0 saturated heterocycles. The molecule has 0 aliphatic carbocycles. The lowest BCUT2D eigenvalue weighted by molar-refractivity contribution is 0.397. The number of hydrogen-bond acceptors (Lipinski definition) is 2. The van der Waals surface area contributed by atoms with Crippen LogP contribution >= 0.6 is 0 Å². The average Bonchev–Trinajstić information content (AvgIpc) is 2.17. The van der Waals surface area contributed by atoms with Gasteiger partial charge in [-0.25, -0.2) is 4.98 Å². The normalized spacial score (nSPS) is 12.9. The predicted octanol–water partition coefficient (Wildman–Crippen LogP) is 3.24. The number of ether oxygens (including phenoxy) is 1. The maximum absolute atomic E-state index is 5.02. The monoisotopic (exact) mass is 193 g/mol. The van der Waals surface area contributed by atoms with Crippen LogP contribution in [0.5, 0.6) is 5.88 Å². The third kappa shape index (κ3) is 3.02. The molecule has 0 fully saturated rings. The van der Waals surface area contributed by atoms with Crippen LogP contribution in [0.3, 0.4) is 0 Å². The van der Waals surface area contributed by atoms with Gasteiger partial charge in [0.05, 0.1) is 7.11 Å². The Bertz CT molecular complexity index is 266. The van der Waals surface area contributed by atoms with E-state index in [9.17, 15) is 0 Å². The summed E-state index contributed by atoms with van der Waals surface area (Å²) in [6.07, 6.45) is 3.11. The summed E-state index contributed by atoms with van der Waals surface area (Å²) in [6, 6.07) is 4.02. The summed E-state index contributed by atoms with van der Waals surface area (Å²) in [5, 5.41) is 0. The van der Waals surface area contributed by atoms with Crippen molar-refractivity contribution in [2.75, 3.05) is 7.11 Å². The standard InChI is InChI=1S/C12H19NO/c1-9(2)7-10(3)11-5-6-12(14-4)13-8-11/h5-6,8-10H,7H2,1-4H3/t10-/m0/s1. The van der Waals surface area contributed by atoms with Crippen molar-refractivity contribution in [3.05, 3.63) is 23.9 Å². The van der Waals surface area contributed by atoms with Crippen LogP contribution in [0.1, 0.15) is 38.7 Å². The molecule has 0 unspecified atom stereocenters. The molecule has 2 heteroatoms. The van der Waals surface area contributed by atoms with Crippen molar-refractivity contribution in [2.24, 2.45) is 5.92 Å². The minimum atomic E-state index is 0.577. The van der Waals surface area contributed by atoms with Crippen molar-refractivity contribution < 1.29 is 4.74 Å². The Morgan fingerprint density at radius 2 is 2.00 bits per heavy atom. The van der Waals surface area contributed by atoms with E-state index in [1.807, 2.05) is 12.3 Å². The molecule has 14 heavy (non-hydrogen) atoms. The Kier molecular flexibility index (Phi) is 3.93. The molecule has 0 bridgehead atoms. The molecule has 1 rings (SSSR count). The molecule has 0 aliphatic heterocycles. The Balaban J connectivity index is 2.66. The molecule has 0 N–H and O–H groups in total. The number of rotatable bonds is 4. The summed E-state index contributed by atoms with van der Waals surface area (Å²) in [6.45, 7) is 6.73. The largest absolute Gasteiger partial charge is 0.481 e. The Morgan fingerprint density at radius 3 is 2.43 bits per heavy atom. The quantitative estimate of drug-likeness (QED) is 0.732. The fourth-order valence-electron chi connectivity index (χ4n) is 1.65. The van der Waals surface area contributed by atoms with Crippen LogP contribution in [0.4, 0.5) is 0 Å². The second-order valence-corrected chi connectivity index (χ2v) is 4.16. The summed E-state index contributed by atoms with van der Waals surface area (Å²) >= 11 is 0. The van der Waals surface area contributed by atoms with Gasteiger partial charge in [0, 0.05) is 12.3 Å². The zero-order valence-corrected chi connectivity index (χ0v) is 9.45. The van der Waals surface area contributed by atoms with Gasteiger partial charge in [-0.2, -0.15) is 0 Å². The number of pyridine rings is 1. The first-order valence-electron chi connectivity index (χ1n) is 5.13. The van der Waals surface area contributed by atoms with Gasteiger partial charge >= 0.3 is 0 Å². The maximum Gasteiger partial charge on any atom is 0.212 e. The van der Waals surface area contributed by atoms with Crippen molar-refractivity contribution in [2.45, 2.75) is 33.1 Å². The van der Waals surface area contributed by atoms with Gasteiger partial charge in [-0.15, -0.1) is 0 Å². The van der Waals surface area contributed by atoms with Crippen LogP contribution in [-0.4, -0.2) is 12.1 Å². The molecule has 1 atom stereocenters. The van der Waals surface area contributed by atoms with Gasteiger partial charge in [0.2, 0.25) is 5.88 Å². The van der Waals surface area contributed by atoms with E-state index in [0.29, 0.717) is 11.8 Å². The summed E-state index contributed by atoms with van der Waals surface area (Å²) in [5.74, 6) is 1.99. The molecule has 1 aromatic rings. The third-order valence-corrected chi connectivity index (χ3v) is 2.36. The first-order valence-corrected chi connectivity index (χ1v) is 5.13. The van der Waals surface area contributed by atoms with E-state index in [0.717, 1.165) is 5.92 Å². The second-order valence-electron chi connectivity index (χ2n) is 4.16. The Labute approximate surface area is 86.3 Å². The third-order valence-electron chi connectivity index (χ3n) is 2.36. The SMILES string of the molecule is COc1ccc([C@@H](C)CC(C)C)cn1. The van der Waals surface area contributed by atoms with Crippen molar-refractivity contribution in [1.82, 2.24) is 4.98 Å². The van der Waals surface area contributed by atoms with Gasteiger partial charge in [0.25, 0.3) is 0 Å². The van der Waals surface area contributed by atoms with Gasteiger partial charge in [-0.05, 0) is 23.8 Å². The molecule has 0 aromatic carbocycles. The summed E-state index contributed by atoms with van der Waals surface area (Å²) < 4.78 is 5.02. The topological polar surface area (TPSA) is 22.1 Å². The lowest BCUT2D eigenvalue weighted by Crippen LogP contribution is -1.99. The van der Waals surface area contributed by atoms with Crippen molar-refractivity contribution >= 4 is 0 Å². The van der Waals surface area contributed by atoms with Crippen LogP contribution in [0.15, 0.2) is 18.3 Å². The van der Waals surface area contributed by atoms with Crippen LogP contribution < -0.4 is 4.74 Å². The Hall–Kier alpha value is -1.05. The minimum Gasteiger partial charge on any atom is -0.481 e. The molecule has 0 saturated carbocycles. The smallest absolute Gasteiger partial charge is 0.212 e. The van der Waals surface area contributed by atoms with Crippen LogP contribution in [0, 0.1) is 5.92 Å². The molecular formula is C12H19NO. The summed E-state index contributed by atoms with van der Waals surface area (Å²) in [7, 11) is 1.64. The van der Waals surface area contributed by atoms with E-state index in [2.05, 4.69) is 31.8 Å². The maximum atomic E-state index is 5.02. The molecule has 78 valence electrons. The minimum absolute atomic E-state index is 0.577. The first-order chi connectivity index (χ1) is 6.63. The highest BCUT2D eigenvalue weighted by molar-refractivity contribution is 5.20. The molecule has 1 aromatic heterocycles. The number of methoxy groups -OCH3 is 1. The molecule has 0 radical (unpaired) electrons. The highest BCUT2D eigenvalue weighted by Gasteiger charge is 2.08. The number of aromatic nitrogens is 1. The van der Waals surface area contributed by atoms with Crippen LogP contribution in [-0.2, 0) is 0 Å². The van der Waals surface area contributed by atoms with Gasteiger partial charge in [0.15, 0.2) is 0 Å². The second kappa shape index (κ2) is 4.99. The first kappa shape index (κ1) is 11.0. The van der Waals surface area contributed by atoms with E-state index >= 15 is 0 Å². The molecule has 0 aliphatic rings. The number of hydrogen-bond donors (Lipinski definition) is 0. The molecular weight excluding hydrogens is 174 g/mol. The van der Waals surface area contributed by atoms with E-state index in [1.54, 1.807) is 7.11 Å². The highest BCUT2D eigenvalue weighted by Crippen LogP contribution is 2.23. The lowest BCUT2D eigenvalue weighted by atomic mass is 9.93. The zero-order valence-electron chi connectivity index (χ0n) is 9.45. The van der Waals surface area contributed by atoms with E-state index < -0.39 is 0 Å². The summed E-state index contributed by atoms with van der Waals surface area (Å²) in [5.41, 5.74) is 1.29. The van der Waals surface area contributed by atoms with Crippen molar-refractivity contribution in [3.8, 4) is 5.88 Å². The van der Waals surface area contributed by atoms with Crippen molar-refractivity contribution in [1.29, 1.82) is 0 Å². The van der Waals surface area contributed by atoms with E-state index in [1.165, 1.54) is 12.0 Å². The average molecular weight is 193 g/mol. The van der Waals surface area contributed by atoms with Gasteiger partial charge in [-0.3, -0.25) is 0 Å². The van der Waals surface area contributed by atoms with E-state index in [4.69, 9.17) is 4.74 Å². The molecule has 0 spiro atoms. The highest BCUT2D eigenvalue weighted by atomic mass is 16.5. The van der Waals surface area contributed by atoms with Gasteiger partial charge < -0.3 is 4.74 Å². The molecule has 2 nitrogen and oxygen atoms in total. The zero-order chi connectivity index (χ0) is 10.6. The number of nitrogens with zero attached hydrogens (tertiary/aromatic N) is 1. The fourth-order valence-corrected chi connectivity index (χ4v) is 1.65. The van der Waals surface area contributed by atoms with E-state index in [-0.39, 0.29) is 0 Å².